The number of rotatable bonds is 3. The van der Waals surface area contributed by atoms with Gasteiger partial charge in [-0.25, -0.2) is 0 Å². The lowest BCUT2D eigenvalue weighted by molar-refractivity contribution is -0.146. The van der Waals surface area contributed by atoms with Gasteiger partial charge in [0.2, 0.25) is 0 Å². The van der Waals surface area contributed by atoms with Gasteiger partial charge in [0.15, 0.2) is 0 Å². The van der Waals surface area contributed by atoms with Gasteiger partial charge in [0.05, 0.1) is 13.0 Å². The Hall–Kier alpha value is -1.78. The lowest BCUT2D eigenvalue weighted by Crippen LogP contribution is -2.32. The number of aromatic nitrogens is 1. The second-order valence-electron chi connectivity index (χ2n) is 5.71. The molecular weight excluding hydrogens is 256 g/mol. The number of ether oxygens (including phenoxy) is 1. The second-order valence-corrected chi connectivity index (χ2v) is 5.71. The molecule has 1 aliphatic heterocycles. The quantitative estimate of drug-likeness (QED) is 0.794. The Labute approximate surface area is 119 Å². The third-order valence-corrected chi connectivity index (χ3v) is 3.96. The van der Waals surface area contributed by atoms with E-state index in [1.165, 1.54) is 7.11 Å². The summed E-state index contributed by atoms with van der Waals surface area (Å²) in [5.41, 5.74) is 0.678. The standard InChI is InChI=1S/C15H22N2O3/c1-10(2)17-7-5-6-13(17)14(18)16-8-11(3)12(9-16)15(19)20-4/h5-7,10-12H,8-9H2,1-4H3. The molecule has 0 N–H and O–H groups in total. The van der Waals surface area contributed by atoms with E-state index >= 15 is 0 Å². The minimum atomic E-state index is -0.230. The third-order valence-electron chi connectivity index (χ3n) is 3.96. The average molecular weight is 278 g/mol. The third kappa shape index (κ3) is 2.57. The van der Waals surface area contributed by atoms with Gasteiger partial charge < -0.3 is 14.2 Å². The molecule has 0 bridgehead atoms. The molecule has 5 heteroatoms. The molecule has 20 heavy (non-hydrogen) atoms. The van der Waals surface area contributed by atoms with Crippen LogP contribution in [-0.2, 0) is 9.53 Å². The SMILES string of the molecule is COC(=O)C1CN(C(=O)c2cccn2C(C)C)CC1C. The van der Waals surface area contributed by atoms with Crippen molar-refractivity contribution in [2.75, 3.05) is 20.2 Å². The zero-order valence-electron chi connectivity index (χ0n) is 12.5. The predicted octanol–water partition coefficient (Wildman–Crippen LogP) is 1.95. The van der Waals surface area contributed by atoms with Crippen molar-refractivity contribution in [3.8, 4) is 0 Å². The molecule has 2 unspecified atom stereocenters. The van der Waals surface area contributed by atoms with E-state index in [2.05, 4.69) is 0 Å². The molecule has 1 aliphatic rings. The zero-order valence-corrected chi connectivity index (χ0v) is 12.5. The fourth-order valence-corrected chi connectivity index (χ4v) is 2.78. The number of esters is 1. The summed E-state index contributed by atoms with van der Waals surface area (Å²) in [7, 11) is 1.39. The Morgan fingerprint density at radius 2 is 2.05 bits per heavy atom. The lowest BCUT2D eigenvalue weighted by Gasteiger charge is -2.19. The van der Waals surface area contributed by atoms with Crippen LogP contribution < -0.4 is 0 Å². The largest absolute Gasteiger partial charge is 0.469 e. The number of amides is 1. The summed E-state index contributed by atoms with van der Waals surface area (Å²) >= 11 is 0. The highest BCUT2D eigenvalue weighted by atomic mass is 16.5. The van der Waals surface area contributed by atoms with Crippen molar-refractivity contribution in [3.63, 3.8) is 0 Å². The van der Waals surface area contributed by atoms with E-state index in [-0.39, 0.29) is 29.8 Å². The monoisotopic (exact) mass is 278 g/mol. The van der Waals surface area contributed by atoms with Crippen molar-refractivity contribution >= 4 is 11.9 Å². The Morgan fingerprint density at radius 3 is 2.65 bits per heavy atom. The molecule has 0 aromatic carbocycles. The molecule has 1 fully saturated rings. The van der Waals surface area contributed by atoms with Gasteiger partial charge in [-0.1, -0.05) is 6.92 Å². The summed E-state index contributed by atoms with van der Waals surface area (Å²) in [5.74, 6) is -0.325. The summed E-state index contributed by atoms with van der Waals surface area (Å²) in [6.07, 6.45) is 1.91. The Balaban J connectivity index is 2.15. The van der Waals surface area contributed by atoms with Crippen LogP contribution in [0.15, 0.2) is 18.3 Å². The van der Waals surface area contributed by atoms with E-state index in [1.54, 1.807) is 4.90 Å². The van der Waals surface area contributed by atoms with Crippen molar-refractivity contribution in [1.82, 2.24) is 9.47 Å². The molecule has 0 spiro atoms. The van der Waals surface area contributed by atoms with Crippen LogP contribution in [0.2, 0.25) is 0 Å². The molecule has 2 atom stereocenters. The zero-order chi connectivity index (χ0) is 14.9. The van der Waals surface area contributed by atoms with Gasteiger partial charge in [-0.05, 0) is 31.9 Å². The maximum atomic E-state index is 12.6. The summed E-state index contributed by atoms with van der Waals surface area (Å²) in [4.78, 5) is 26.0. The Kier molecular flexibility index (Phi) is 4.16. The average Bonchev–Trinajstić information content (AvgIpc) is 3.03. The fraction of sp³-hybridized carbons (Fsp3) is 0.600. The van der Waals surface area contributed by atoms with E-state index in [4.69, 9.17) is 4.74 Å². The van der Waals surface area contributed by atoms with Crippen LogP contribution in [0.5, 0.6) is 0 Å². The van der Waals surface area contributed by atoms with E-state index in [0.29, 0.717) is 18.8 Å². The van der Waals surface area contributed by atoms with Crippen LogP contribution in [0, 0.1) is 11.8 Å². The number of hydrogen-bond acceptors (Lipinski definition) is 3. The van der Waals surface area contributed by atoms with Gasteiger partial charge in [0.25, 0.3) is 5.91 Å². The highest BCUT2D eigenvalue weighted by molar-refractivity contribution is 5.93. The molecule has 1 aromatic rings. The van der Waals surface area contributed by atoms with Crippen molar-refractivity contribution < 1.29 is 14.3 Å². The smallest absolute Gasteiger partial charge is 0.310 e. The molecule has 0 radical (unpaired) electrons. The number of methoxy groups -OCH3 is 1. The van der Waals surface area contributed by atoms with E-state index in [1.807, 2.05) is 43.7 Å². The van der Waals surface area contributed by atoms with Crippen LogP contribution in [0.3, 0.4) is 0 Å². The first kappa shape index (κ1) is 14.6. The van der Waals surface area contributed by atoms with Crippen molar-refractivity contribution in [2.45, 2.75) is 26.8 Å². The molecule has 2 rings (SSSR count). The number of carbonyl (C=O) groups is 2. The van der Waals surface area contributed by atoms with Crippen LogP contribution in [-0.4, -0.2) is 41.5 Å². The Bertz CT molecular complexity index is 507. The highest BCUT2D eigenvalue weighted by Crippen LogP contribution is 2.26. The van der Waals surface area contributed by atoms with Crippen LogP contribution >= 0.6 is 0 Å². The summed E-state index contributed by atoms with van der Waals surface area (Å²) in [5, 5.41) is 0. The molecule has 5 nitrogen and oxygen atoms in total. The first-order valence-corrected chi connectivity index (χ1v) is 6.99. The summed E-state index contributed by atoms with van der Waals surface area (Å²) < 4.78 is 6.76. The van der Waals surface area contributed by atoms with Gasteiger partial charge in [-0.2, -0.15) is 0 Å². The first-order chi connectivity index (χ1) is 9.45. The number of nitrogens with zero attached hydrogens (tertiary/aromatic N) is 2. The second kappa shape index (κ2) is 5.69. The van der Waals surface area contributed by atoms with Crippen molar-refractivity contribution in [1.29, 1.82) is 0 Å². The van der Waals surface area contributed by atoms with Crippen molar-refractivity contribution in [3.05, 3.63) is 24.0 Å². The topological polar surface area (TPSA) is 51.5 Å². The van der Waals surface area contributed by atoms with E-state index < -0.39 is 0 Å². The summed E-state index contributed by atoms with van der Waals surface area (Å²) in [6, 6.07) is 3.95. The normalized spacial score (nSPS) is 22.4. The number of carbonyl (C=O) groups excluding carboxylic acids is 2. The highest BCUT2D eigenvalue weighted by Gasteiger charge is 2.38. The molecule has 0 saturated carbocycles. The van der Waals surface area contributed by atoms with Crippen LogP contribution in [0.1, 0.15) is 37.3 Å². The van der Waals surface area contributed by atoms with Gasteiger partial charge in [0.1, 0.15) is 5.69 Å². The Morgan fingerprint density at radius 1 is 1.35 bits per heavy atom. The molecule has 1 saturated heterocycles. The summed E-state index contributed by atoms with van der Waals surface area (Å²) in [6.45, 7) is 7.11. The molecule has 110 valence electrons. The molecule has 1 aromatic heterocycles. The maximum absolute atomic E-state index is 12.6. The van der Waals surface area contributed by atoms with Crippen molar-refractivity contribution in [2.24, 2.45) is 11.8 Å². The van der Waals surface area contributed by atoms with Crippen LogP contribution in [0.25, 0.3) is 0 Å². The van der Waals surface area contributed by atoms with Gasteiger partial charge >= 0.3 is 5.97 Å². The fourth-order valence-electron chi connectivity index (χ4n) is 2.78. The molecule has 1 amide bonds. The lowest BCUT2D eigenvalue weighted by atomic mass is 9.99. The van der Waals surface area contributed by atoms with Gasteiger partial charge in [-0.3, -0.25) is 9.59 Å². The first-order valence-electron chi connectivity index (χ1n) is 6.99. The minimum Gasteiger partial charge on any atom is -0.469 e. The van der Waals surface area contributed by atoms with E-state index in [9.17, 15) is 9.59 Å². The molecule has 0 aliphatic carbocycles. The molecular formula is C15H22N2O3. The number of hydrogen-bond donors (Lipinski definition) is 0. The minimum absolute atomic E-state index is 0.0121. The number of likely N-dealkylation sites (tertiary alicyclic amines) is 1. The molecule has 2 heterocycles. The van der Waals surface area contributed by atoms with Gasteiger partial charge in [0, 0.05) is 25.3 Å². The maximum Gasteiger partial charge on any atom is 0.310 e. The van der Waals surface area contributed by atoms with E-state index in [0.717, 1.165) is 0 Å². The predicted molar refractivity (Wildman–Crippen MR) is 75.4 cm³/mol. The van der Waals surface area contributed by atoms with Crippen LogP contribution in [0.4, 0.5) is 0 Å². The van der Waals surface area contributed by atoms with Gasteiger partial charge in [-0.15, -0.1) is 0 Å².